The number of halogens is 1. The van der Waals surface area contributed by atoms with Gasteiger partial charge in [-0.2, -0.15) is 0 Å². The van der Waals surface area contributed by atoms with E-state index in [-0.39, 0.29) is 18.4 Å². The Labute approximate surface area is 141 Å². The molecule has 0 unspecified atom stereocenters. The number of benzene rings is 2. The molecule has 0 heterocycles. The van der Waals surface area contributed by atoms with Gasteiger partial charge in [-0.15, -0.1) is 0 Å². The van der Waals surface area contributed by atoms with Crippen LogP contribution in [0.1, 0.15) is 22.8 Å². The summed E-state index contributed by atoms with van der Waals surface area (Å²) in [6.07, 6.45) is 0. The van der Waals surface area contributed by atoms with Gasteiger partial charge in [0.05, 0.1) is 6.54 Å². The first kappa shape index (κ1) is 17.0. The summed E-state index contributed by atoms with van der Waals surface area (Å²) in [4.78, 5) is 26.0. The number of rotatable bonds is 6. The number of likely N-dealkylation sites (N-methyl/N-ethyl adjacent to an activating group) is 1. The lowest BCUT2D eigenvalue weighted by Crippen LogP contribution is -2.39. The Hall–Kier alpha value is -2.33. The number of nitrogens with zero attached hydrogens (tertiary/aromatic N) is 1. The smallest absolute Gasteiger partial charge is 0.251 e. The second-order valence-electron chi connectivity index (χ2n) is 5.08. The number of carbonyl (C=O) groups is 2. The third kappa shape index (κ3) is 5.11. The Morgan fingerprint density at radius 2 is 1.70 bits per heavy atom. The molecule has 2 rings (SSSR count). The SMILES string of the molecule is CCN(Cc1ccccc1)C(=O)CNC(=O)c1ccc(Cl)cc1. The van der Waals surface area contributed by atoms with E-state index in [0.29, 0.717) is 23.7 Å². The Balaban J connectivity index is 1.89. The highest BCUT2D eigenvalue weighted by molar-refractivity contribution is 6.30. The maximum Gasteiger partial charge on any atom is 0.251 e. The van der Waals surface area contributed by atoms with Crippen LogP contribution in [0.2, 0.25) is 5.02 Å². The summed E-state index contributed by atoms with van der Waals surface area (Å²) in [6.45, 7) is 3.02. The molecule has 120 valence electrons. The van der Waals surface area contributed by atoms with Gasteiger partial charge in [0.25, 0.3) is 5.91 Å². The standard InChI is InChI=1S/C18H19ClN2O2/c1-2-21(13-14-6-4-3-5-7-14)17(22)12-20-18(23)15-8-10-16(19)11-9-15/h3-11H,2,12-13H2,1H3,(H,20,23). The molecule has 0 aromatic heterocycles. The minimum Gasteiger partial charge on any atom is -0.343 e. The van der Waals surface area contributed by atoms with Gasteiger partial charge in [-0.05, 0) is 36.8 Å². The molecule has 0 saturated carbocycles. The highest BCUT2D eigenvalue weighted by Gasteiger charge is 2.14. The summed E-state index contributed by atoms with van der Waals surface area (Å²) in [5, 5.41) is 3.21. The van der Waals surface area contributed by atoms with Crippen LogP contribution >= 0.6 is 11.6 Å². The molecule has 2 aromatic rings. The first-order valence-electron chi connectivity index (χ1n) is 7.45. The lowest BCUT2D eigenvalue weighted by molar-refractivity contribution is -0.130. The first-order valence-corrected chi connectivity index (χ1v) is 7.83. The van der Waals surface area contributed by atoms with Crippen molar-refractivity contribution in [1.82, 2.24) is 10.2 Å². The van der Waals surface area contributed by atoms with E-state index in [1.807, 2.05) is 37.3 Å². The van der Waals surface area contributed by atoms with Crippen LogP contribution in [0.15, 0.2) is 54.6 Å². The van der Waals surface area contributed by atoms with Gasteiger partial charge in [0, 0.05) is 23.7 Å². The normalized spacial score (nSPS) is 10.2. The zero-order valence-corrected chi connectivity index (χ0v) is 13.7. The maximum atomic E-state index is 12.3. The van der Waals surface area contributed by atoms with Crippen molar-refractivity contribution in [2.24, 2.45) is 0 Å². The number of hydrogen-bond acceptors (Lipinski definition) is 2. The van der Waals surface area contributed by atoms with E-state index in [1.165, 1.54) is 0 Å². The highest BCUT2D eigenvalue weighted by atomic mass is 35.5. The van der Waals surface area contributed by atoms with Gasteiger partial charge >= 0.3 is 0 Å². The molecular formula is C18H19ClN2O2. The summed E-state index contributed by atoms with van der Waals surface area (Å²) >= 11 is 5.79. The fourth-order valence-electron chi connectivity index (χ4n) is 2.15. The van der Waals surface area contributed by atoms with Gasteiger partial charge in [0.1, 0.15) is 0 Å². The molecule has 0 aliphatic rings. The minimum absolute atomic E-state index is 0.0257. The predicted octanol–water partition coefficient (Wildman–Crippen LogP) is 3.12. The maximum absolute atomic E-state index is 12.3. The van der Waals surface area contributed by atoms with E-state index in [9.17, 15) is 9.59 Å². The summed E-state index contributed by atoms with van der Waals surface area (Å²) in [6, 6.07) is 16.3. The number of carbonyl (C=O) groups excluding carboxylic acids is 2. The van der Waals surface area contributed by atoms with Crippen molar-refractivity contribution in [3.63, 3.8) is 0 Å². The van der Waals surface area contributed by atoms with Gasteiger partial charge in [0.15, 0.2) is 0 Å². The van der Waals surface area contributed by atoms with Crippen molar-refractivity contribution < 1.29 is 9.59 Å². The molecule has 2 aromatic carbocycles. The van der Waals surface area contributed by atoms with E-state index < -0.39 is 0 Å². The third-order valence-corrected chi connectivity index (χ3v) is 3.71. The predicted molar refractivity (Wildman–Crippen MR) is 91.3 cm³/mol. The van der Waals surface area contributed by atoms with Crippen LogP contribution in [0.5, 0.6) is 0 Å². The Bertz CT molecular complexity index is 656. The van der Waals surface area contributed by atoms with Gasteiger partial charge in [-0.3, -0.25) is 9.59 Å². The summed E-state index contributed by atoms with van der Waals surface area (Å²) in [5.74, 6) is -0.399. The fraction of sp³-hybridized carbons (Fsp3) is 0.222. The van der Waals surface area contributed by atoms with Crippen LogP contribution in [0.3, 0.4) is 0 Å². The Morgan fingerprint density at radius 1 is 1.04 bits per heavy atom. The van der Waals surface area contributed by atoms with E-state index in [2.05, 4.69) is 5.32 Å². The van der Waals surface area contributed by atoms with Crippen molar-refractivity contribution in [3.05, 3.63) is 70.7 Å². The largest absolute Gasteiger partial charge is 0.343 e. The molecule has 0 aliphatic heterocycles. The number of hydrogen-bond donors (Lipinski definition) is 1. The lowest BCUT2D eigenvalue weighted by atomic mass is 10.2. The Morgan fingerprint density at radius 3 is 2.30 bits per heavy atom. The summed E-state index contributed by atoms with van der Waals surface area (Å²) in [5.41, 5.74) is 1.54. The van der Waals surface area contributed by atoms with Crippen LogP contribution in [0.25, 0.3) is 0 Å². The molecule has 0 bridgehead atoms. The van der Waals surface area contributed by atoms with E-state index in [1.54, 1.807) is 29.2 Å². The Kier molecular flexibility index (Phi) is 6.18. The van der Waals surface area contributed by atoms with E-state index >= 15 is 0 Å². The van der Waals surface area contributed by atoms with Crippen molar-refractivity contribution >= 4 is 23.4 Å². The molecule has 23 heavy (non-hydrogen) atoms. The van der Waals surface area contributed by atoms with Crippen molar-refractivity contribution in [2.45, 2.75) is 13.5 Å². The zero-order chi connectivity index (χ0) is 16.7. The summed E-state index contributed by atoms with van der Waals surface area (Å²) < 4.78 is 0. The molecule has 2 amide bonds. The lowest BCUT2D eigenvalue weighted by Gasteiger charge is -2.21. The molecule has 0 atom stereocenters. The fourth-order valence-corrected chi connectivity index (χ4v) is 2.28. The average molecular weight is 331 g/mol. The van der Waals surface area contributed by atoms with Crippen molar-refractivity contribution in [3.8, 4) is 0 Å². The molecule has 0 radical (unpaired) electrons. The van der Waals surface area contributed by atoms with Gasteiger partial charge < -0.3 is 10.2 Å². The second kappa shape index (κ2) is 8.34. The first-order chi connectivity index (χ1) is 11.1. The van der Waals surface area contributed by atoms with Crippen LogP contribution in [0, 0.1) is 0 Å². The molecule has 0 fully saturated rings. The van der Waals surface area contributed by atoms with E-state index in [4.69, 9.17) is 11.6 Å². The number of nitrogens with one attached hydrogen (secondary N) is 1. The van der Waals surface area contributed by atoms with Crippen molar-refractivity contribution in [2.75, 3.05) is 13.1 Å². The van der Waals surface area contributed by atoms with Crippen LogP contribution in [-0.4, -0.2) is 29.8 Å². The zero-order valence-electron chi connectivity index (χ0n) is 13.0. The topological polar surface area (TPSA) is 49.4 Å². The number of amides is 2. The van der Waals surface area contributed by atoms with Crippen LogP contribution in [0.4, 0.5) is 0 Å². The summed E-state index contributed by atoms with van der Waals surface area (Å²) in [7, 11) is 0. The molecule has 5 heteroatoms. The monoisotopic (exact) mass is 330 g/mol. The van der Waals surface area contributed by atoms with Gasteiger partial charge in [-0.25, -0.2) is 0 Å². The molecule has 0 spiro atoms. The van der Waals surface area contributed by atoms with Gasteiger partial charge in [-0.1, -0.05) is 41.9 Å². The molecule has 0 saturated heterocycles. The minimum atomic E-state index is -0.286. The van der Waals surface area contributed by atoms with Crippen molar-refractivity contribution in [1.29, 1.82) is 0 Å². The molecule has 0 aliphatic carbocycles. The molecule has 4 nitrogen and oxygen atoms in total. The second-order valence-corrected chi connectivity index (χ2v) is 5.52. The molecular weight excluding hydrogens is 312 g/mol. The van der Waals surface area contributed by atoms with Crippen LogP contribution in [-0.2, 0) is 11.3 Å². The van der Waals surface area contributed by atoms with Crippen LogP contribution < -0.4 is 5.32 Å². The average Bonchev–Trinajstić information content (AvgIpc) is 2.58. The van der Waals surface area contributed by atoms with Gasteiger partial charge in [0.2, 0.25) is 5.91 Å². The molecule has 1 N–H and O–H groups in total. The third-order valence-electron chi connectivity index (χ3n) is 3.46. The van der Waals surface area contributed by atoms with E-state index in [0.717, 1.165) is 5.56 Å². The quantitative estimate of drug-likeness (QED) is 0.884. The highest BCUT2D eigenvalue weighted by Crippen LogP contribution is 2.09.